The van der Waals surface area contributed by atoms with Crippen molar-refractivity contribution >= 4 is 17.5 Å². The van der Waals surface area contributed by atoms with E-state index >= 15 is 0 Å². The van der Waals surface area contributed by atoms with E-state index in [4.69, 9.17) is 0 Å². The second kappa shape index (κ2) is 5.15. The molecule has 0 aromatic rings. The van der Waals surface area contributed by atoms with Crippen LogP contribution in [0.3, 0.4) is 0 Å². The molecule has 4 aliphatic rings. The van der Waals surface area contributed by atoms with Crippen molar-refractivity contribution in [2.75, 3.05) is 0 Å². The summed E-state index contributed by atoms with van der Waals surface area (Å²) in [5.41, 5.74) is -0.222. The lowest BCUT2D eigenvalue weighted by atomic mass is 9.43. The van der Waals surface area contributed by atoms with Crippen LogP contribution < -0.4 is 0 Å². The molecule has 4 fully saturated rings. The summed E-state index contributed by atoms with van der Waals surface area (Å²) in [6.07, 6.45) is 6.07. The molecular formula is C20H28O4. The Morgan fingerprint density at radius 1 is 1.08 bits per heavy atom. The topological polar surface area (TPSA) is 71.4 Å². The van der Waals surface area contributed by atoms with Crippen molar-refractivity contribution < 1.29 is 19.5 Å². The molecule has 4 nitrogen and oxygen atoms in total. The second-order valence-corrected chi connectivity index (χ2v) is 9.33. The fourth-order valence-electron chi connectivity index (χ4n) is 7.09. The number of aliphatic carboxylic acids is 1. The van der Waals surface area contributed by atoms with Gasteiger partial charge in [0.05, 0.1) is 5.92 Å². The Morgan fingerprint density at radius 3 is 2.54 bits per heavy atom. The molecule has 0 aliphatic heterocycles. The Kier molecular flexibility index (Phi) is 3.50. The summed E-state index contributed by atoms with van der Waals surface area (Å²) in [5, 5.41) is 9.92. The molecule has 4 aliphatic carbocycles. The van der Waals surface area contributed by atoms with E-state index in [0.29, 0.717) is 43.2 Å². The number of carboxylic acids is 1. The number of fused-ring (bicyclic) bond motifs is 5. The highest BCUT2D eigenvalue weighted by Crippen LogP contribution is 2.66. The molecule has 0 spiro atoms. The largest absolute Gasteiger partial charge is 0.481 e. The molecule has 0 bridgehead atoms. The van der Waals surface area contributed by atoms with Crippen LogP contribution in [-0.4, -0.2) is 22.6 Å². The Bertz CT molecular complexity index is 611. The van der Waals surface area contributed by atoms with Crippen molar-refractivity contribution in [3.05, 3.63) is 0 Å². The van der Waals surface area contributed by atoms with Gasteiger partial charge in [0.25, 0.3) is 0 Å². The number of carbonyl (C=O) groups excluding carboxylic acids is 2. The molecule has 0 aromatic carbocycles. The van der Waals surface area contributed by atoms with E-state index < -0.39 is 5.97 Å². The van der Waals surface area contributed by atoms with Crippen LogP contribution >= 0.6 is 0 Å². The lowest BCUT2D eigenvalue weighted by Gasteiger charge is -2.60. The van der Waals surface area contributed by atoms with Gasteiger partial charge in [-0.25, -0.2) is 0 Å². The quantitative estimate of drug-likeness (QED) is 0.798. The van der Waals surface area contributed by atoms with Crippen molar-refractivity contribution in [2.24, 2.45) is 40.4 Å². The third kappa shape index (κ3) is 2.01. The van der Waals surface area contributed by atoms with E-state index in [-0.39, 0.29) is 34.5 Å². The van der Waals surface area contributed by atoms with Crippen LogP contribution in [0.2, 0.25) is 0 Å². The van der Waals surface area contributed by atoms with Crippen LogP contribution in [0.1, 0.15) is 65.2 Å². The second-order valence-electron chi connectivity index (χ2n) is 9.33. The van der Waals surface area contributed by atoms with E-state index in [1.54, 1.807) is 0 Å². The zero-order valence-corrected chi connectivity index (χ0v) is 14.7. The maximum Gasteiger partial charge on any atom is 0.306 e. The summed E-state index contributed by atoms with van der Waals surface area (Å²) >= 11 is 0. The highest BCUT2D eigenvalue weighted by atomic mass is 16.4. The van der Waals surface area contributed by atoms with Crippen molar-refractivity contribution in [2.45, 2.75) is 65.2 Å². The highest BCUT2D eigenvalue weighted by Gasteiger charge is 2.63. The molecule has 1 N–H and O–H groups in total. The first-order chi connectivity index (χ1) is 11.3. The number of carbonyl (C=O) groups is 3. The zero-order chi connectivity index (χ0) is 17.3. The van der Waals surface area contributed by atoms with Crippen LogP contribution in [0.15, 0.2) is 0 Å². The predicted octanol–water partition coefficient (Wildman–Crippen LogP) is 3.48. The van der Waals surface area contributed by atoms with Gasteiger partial charge in [-0.2, -0.15) is 0 Å². The molecule has 0 radical (unpaired) electrons. The standard InChI is InChI=1S/C20H28O4/c1-19-7-5-12(21)9-11(19)10-13(18(23)24)17-14-3-4-16(22)20(14,2)8-6-15(17)19/h11,13-15,17H,3-10H2,1-2H3,(H,23,24)/t11?,13-,14+,15+,17+,19+,20+/m1/s1. The van der Waals surface area contributed by atoms with Crippen molar-refractivity contribution in [1.82, 2.24) is 0 Å². The normalized spacial score (nSPS) is 50.8. The predicted molar refractivity (Wildman–Crippen MR) is 88.2 cm³/mol. The molecule has 0 saturated heterocycles. The molecule has 4 heteroatoms. The van der Waals surface area contributed by atoms with Gasteiger partial charge in [0.15, 0.2) is 0 Å². The fourth-order valence-corrected chi connectivity index (χ4v) is 7.09. The third-order valence-corrected chi connectivity index (χ3v) is 8.56. The number of rotatable bonds is 1. The molecule has 4 saturated carbocycles. The first-order valence-corrected chi connectivity index (χ1v) is 9.55. The average Bonchev–Trinajstić information content (AvgIpc) is 2.83. The molecule has 0 amide bonds. The summed E-state index contributed by atoms with van der Waals surface area (Å²) in [4.78, 5) is 36.6. The Morgan fingerprint density at radius 2 is 1.83 bits per heavy atom. The van der Waals surface area contributed by atoms with Gasteiger partial charge in [0.1, 0.15) is 11.6 Å². The Labute approximate surface area is 143 Å². The van der Waals surface area contributed by atoms with E-state index in [1.165, 1.54) is 0 Å². The van der Waals surface area contributed by atoms with Crippen molar-refractivity contribution in [3.63, 3.8) is 0 Å². The minimum Gasteiger partial charge on any atom is -0.481 e. The van der Waals surface area contributed by atoms with Gasteiger partial charge in [-0.1, -0.05) is 13.8 Å². The summed E-state index contributed by atoms with van der Waals surface area (Å²) < 4.78 is 0. The van der Waals surface area contributed by atoms with E-state index in [2.05, 4.69) is 13.8 Å². The van der Waals surface area contributed by atoms with Crippen molar-refractivity contribution in [1.29, 1.82) is 0 Å². The maximum atomic E-state index is 12.5. The molecule has 0 heterocycles. The molecule has 0 aromatic heterocycles. The van der Waals surface area contributed by atoms with Crippen LogP contribution in [0.4, 0.5) is 0 Å². The lowest BCUT2D eigenvalue weighted by Crippen LogP contribution is -2.58. The van der Waals surface area contributed by atoms with E-state index in [1.807, 2.05) is 0 Å². The van der Waals surface area contributed by atoms with Gasteiger partial charge >= 0.3 is 5.97 Å². The van der Waals surface area contributed by atoms with Gasteiger partial charge in [-0.05, 0) is 61.2 Å². The molecule has 24 heavy (non-hydrogen) atoms. The van der Waals surface area contributed by atoms with Crippen LogP contribution in [0.25, 0.3) is 0 Å². The minimum atomic E-state index is -0.714. The third-order valence-electron chi connectivity index (χ3n) is 8.56. The van der Waals surface area contributed by atoms with Crippen LogP contribution in [0.5, 0.6) is 0 Å². The fraction of sp³-hybridized carbons (Fsp3) is 0.850. The van der Waals surface area contributed by atoms with E-state index in [0.717, 1.165) is 25.7 Å². The SMILES string of the molecule is C[C@]12CCC(=O)CC1C[C@@H](C(=O)O)[C@@H]1[C@@H]2CC[C@]2(C)C(=O)CC[C@@H]12. The Balaban J connectivity index is 1.75. The first-order valence-electron chi connectivity index (χ1n) is 9.55. The summed E-state index contributed by atoms with van der Waals surface area (Å²) in [5.74, 6) is 0.459. The van der Waals surface area contributed by atoms with Gasteiger partial charge in [0.2, 0.25) is 0 Å². The monoisotopic (exact) mass is 332 g/mol. The van der Waals surface area contributed by atoms with Gasteiger partial charge in [0, 0.05) is 24.7 Å². The number of hydrogen-bond donors (Lipinski definition) is 1. The lowest BCUT2D eigenvalue weighted by molar-refractivity contribution is -0.172. The van der Waals surface area contributed by atoms with Gasteiger partial charge in [-0.3, -0.25) is 14.4 Å². The average molecular weight is 332 g/mol. The summed E-state index contributed by atoms with van der Waals surface area (Å²) in [7, 11) is 0. The first kappa shape index (κ1) is 16.3. The van der Waals surface area contributed by atoms with E-state index in [9.17, 15) is 19.5 Å². The van der Waals surface area contributed by atoms with Gasteiger partial charge < -0.3 is 5.11 Å². The number of carboxylic acid groups (broad SMARTS) is 1. The maximum absolute atomic E-state index is 12.5. The number of hydrogen-bond acceptors (Lipinski definition) is 3. The minimum absolute atomic E-state index is 0.0808. The van der Waals surface area contributed by atoms with Gasteiger partial charge in [-0.15, -0.1) is 0 Å². The van der Waals surface area contributed by atoms with Crippen LogP contribution in [0, 0.1) is 40.4 Å². The summed E-state index contributed by atoms with van der Waals surface area (Å²) in [6, 6.07) is 0. The molecule has 7 atom stereocenters. The molecular weight excluding hydrogens is 304 g/mol. The molecule has 1 unspecified atom stereocenters. The molecule has 132 valence electrons. The zero-order valence-electron chi connectivity index (χ0n) is 14.7. The smallest absolute Gasteiger partial charge is 0.306 e. The summed E-state index contributed by atoms with van der Waals surface area (Å²) in [6.45, 7) is 4.39. The van der Waals surface area contributed by atoms with Crippen LogP contribution in [-0.2, 0) is 14.4 Å². The number of Topliss-reactive ketones (excluding diaryl/α,β-unsaturated/α-hetero) is 2. The molecule has 4 rings (SSSR count). The number of ketones is 2. The Hall–Kier alpha value is -1.19. The highest BCUT2D eigenvalue weighted by molar-refractivity contribution is 5.87. The van der Waals surface area contributed by atoms with Crippen molar-refractivity contribution in [3.8, 4) is 0 Å².